The third kappa shape index (κ3) is 3.14. The van der Waals surface area contributed by atoms with Crippen LogP contribution in [0.25, 0.3) is 0 Å². The Labute approximate surface area is 97.8 Å². The van der Waals surface area contributed by atoms with Crippen LogP contribution >= 0.6 is 23.2 Å². The number of aromatic nitrogens is 1. The molecular weight excluding hydrogens is 213 g/mol. The Hall–Kier alpha value is -0.0338. The largest absolute Gasteiger partial charge is 2.00 e. The number of hydrogen-bond acceptors (Lipinski definition) is 2. The predicted molar refractivity (Wildman–Crippen MR) is 49.2 cm³/mol. The van der Waals surface area contributed by atoms with E-state index >= 15 is 0 Å². The molecule has 0 unspecified atom stereocenters. The summed E-state index contributed by atoms with van der Waals surface area (Å²) in [7, 11) is 0. The van der Waals surface area contributed by atoms with Gasteiger partial charge in [0.2, 0.25) is 0 Å². The fourth-order valence-corrected chi connectivity index (χ4v) is 1.05. The molecule has 12 heavy (non-hydrogen) atoms. The minimum absolute atomic E-state index is 0. The molecule has 0 aliphatic heterocycles. The van der Waals surface area contributed by atoms with Gasteiger partial charge in [0.1, 0.15) is 10.3 Å². The zero-order valence-electron chi connectivity index (χ0n) is 7.92. The number of halogens is 2. The summed E-state index contributed by atoms with van der Waals surface area (Å²) >= 11 is 10.9. The average molecular weight is 218 g/mol. The van der Waals surface area contributed by atoms with Crippen molar-refractivity contribution in [2.24, 2.45) is 0 Å². The van der Waals surface area contributed by atoms with Crippen LogP contribution in [0, 0.1) is 0 Å². The Bertz CT molecular complexity index is 294. The molecule has 1 aromatic heterocycles. The Kier molecular flexibility index (Phi) is 4.85. The Morgan fingerprint density at radius 3 is 2.17 bits per heavy atom. The van der Waals surface area contributed by atoms with Crippen molar-refractivity contribution < 1.29 is 12.8 Å². The maximum Gasteiger partial charge on any atom is 2.00 e. The first-order chi connectivity index (χ1) is 5.09. The molecule has 0 spiro atoms. The van der Waals surface area contributed by atoms with Crippen LogP contribution in [0.5, 0.6) is 0 Å². The summed E-state index contributed by atoms with van der Waals surface area (Å²) < 4.78 is 0. The number of nitrogens with zero attached hydrogens (tertiary/aromatic N) is 1. The smallest absolute Gasteiger partial charge is 1.00 e. The van der Waals surface area contributed by atoms with Crippen LogP contribution in [0.2, 0.25) is 10.3 Å². The molecule has 1 rings (SSSR count). The molecule has 0 aliphatic carbocycles. The minimum Gasteiger partial charge on any atom is -1.00 e. The van der Waals surface area contributed by atoms with Gasteiger partial charge >= 0.3 is 29.0 Å². The minimum atomic E-state index is -1.07. The molecule has 0 amide bonds. The molecule has 1 N–H and O–H groups in total. The van der Waals surface area contributed by atoms with Gasteiger partial charge in [-0.1, -0.05) is 23.2 Å². The maximum absolute atomic E-state index is 10.4. The summed E-state index contributed by atoms with van der Waals surface area (Å²) in [5, 5.41) is 8.65. The second kappa shape index (κ2) is 4.86. The number of carboxylic acid groups (broad SMARTS) is 1. The molecule has 6 heteroatoms. The summed E-state index contributed by atoms with van der Waals surface area (Å²) in [5.41, 5.74) is 0.0370. The quantitative estimate of drug-likeness (QED) is 0.579. The standard InChI is InChI=1S/C6H3Cl2NO2.Mg.2H/c7-4-1-3(6(10)11)2-5(8)9-4;;;/h1-2H,(H,10,11);;;/q;+2;2*-1. The summed E-state index contributed by atoms with van der Waals surface area (Å²) in [6, 6.07) is 2.46. The van der Waals surface area contributed by atoms with Gasteiger partial charge in [-0.15, -0.1) is 0 Å². The topological polar surface area (TPSA) is 50.2 Å². The third-order valence-corrected chi connectivity index (χ3v) is 1.40. The van der Waals surface area contributed by atoms with E-state index in [1.165, 1.54) is 12.1 Å². The van der Waals surface area contributed by atoms with Crippen molar-refractivity contribution in [3.63, 3.8) is 0 Å². The predicted octanol–water partition coefficient (Wildman–Crippen LogP) is 1.93. The first-order valence-corrected chi connectivity index (χ1v) is 3.41. The van der Waals surface area contributed by atoms with Crippen molar-refractivity contribution in [1.29, 1.82) is 0 Å². The van der Waals surface area contributed by atoms with Crippen LogP contribution in [0.15, 0.2) is 12.1 Å². The third-order valence-electron chi connectivity index (χ3n) is 1.01. The molecule has 1 aromatic rings. The van der Waals surface area contributed by atoms with Crippen molar-refractivity contribution in [2.75, 3.05) is 0 Å². The van der Waals surface area contributed by atoms with E-state index in [1.807, 2.05) is 0 Å². The second-order valence-corrected chi connectivity index (χ2v) is 2.58. The van der Waals surface area contributed by atoms with Gasteiger partial charge in [-0.3, -0.25) is 0 Å². The molecule has 1 heterocycles. The molecule has 0 fully saturated rings. The monoisotopic (exact) mass is 217 g/mol. The molecule has 3 nitrogen and oxygen atoms in total. The van der Waals surface area contributed by atoms with Gasteiger partial charge in [-0.2, -0.15) is 0 Å². The fraction of sp³-hybridized carbons (Fsp3) is 0. The van der Waals surface area contributed by atoms with Gasteiger partial charge < -0.3 is 7.96 Å². The van der Waals surface area contributed by atoms with Crippen molar-refractivity contribution in [3.8, 4) is 0 Å². The van der Waals surface area contributed by atoms with Crippen LogP contribution in [0.1, 0.15) is 13.2 Å². The van der Waals surface area contributed by atoms with Crippen molar-refractivity contribution in [3.05, 3.63) is 28.0 Å². The van der Waals surface area contributed by atoms with Crippen LogP contribution in [-0.4, -0.2) is 39.1 Å². The van der Waals surface area contributed by atoms with E-state index in [-0.39, 0.29) is 41.8 Å². The van der Waals surface area contributed by atoms with Gasteiger partial charge in [0.15, 0.2) is 0 Å². The normalized spacial score (nSPS) is 8.83. The number of rotatable bonds is 1. The van der Waals surface area contributed by atoms with Gasteiger partial charge in [0, 0.05) is 0 Å². The van der Waals surface area contributed by atoms with E-state index in [4.69, 9.17) is 28.3 Å². The first-order valence-electron chi connectivity index (χ1n) is 2.66. The molecule has 0 saturated carbocycles. The molecule has 0 aromatic carbocycles. The maximum atomic E-state index is 10.4. The van der Waals surface area contributed by atoms with Gasteiger partial charge in [0.05, 0.1) is 5.56 Å². The van der Waals surface area contributed by atoms with Gasteiger partial charge in [0.25, 0.3) is 0 Å². The van der Waals surface area contributed by atoms with Gasteiger partial charge in [-0.05, 0) is 12.1 Å². The number of carboxylic acids is 1. The first kappa shape index (κ1) is 12.0. The summed E-state index contributed by atoms with van der Waals surface area (Å²) in [6.45, 7) is 0. The van der Waals surface area contributed by atoms with E-state index < -0.39 is 5.97 Å². The molecule has 0 aliphatic rings. The molecule has 0 radical (unpaired) electrons. The van der Waals surface area contributed by atoms with Gasteiger partial charge in [-0.25, -0.2) is 9.78 Å². The van der Waals surface area contributed by atoms with E-state index in [0.717, 1.165) is 0 Å². The zero-order chi connectivity index (χ0) is 8.43. The van der Waals surface area contributed by atoms with E-state index in [0.29, 0.717) is 0 Å². The van der Waals surface area contributed by atoms with Crippen LogP contribution in [0.3, 0.4) is 0 Å². The van der Waals surface area contributed by atoms with Crippen LogP contribution in [-0.2, 0) is 0 Å². The molecular formula is C6H5Cl2MgNO2. The Balaban J connectivity index is -0.000000403. The van der Waals surface area contributed by atoms with Crippen molar-refractivity contribution in [2.45, 2.75) is 0 Å². The Morgan fingerprint density at radius 2 is 1.83 bits per heavy atom. The zero-order valence-corrected chi connectivity index (χ0v) is 8.85. The number of carbonyl (C=O) groups is 1. The van der Waals surface area contributed by atoms with E-state index in [2.05, 4.69) is 4.98 Å². The fourth-order valence-electron chi connectivity index (χ4n) is 0.588. The van der Waals surface area contributed by atoms with Crippen LogP contribution < -0.4 is 0 Å². The number of pyridine rings is 1. The summed E-state index contributed by atoms with van der Waals surface area (Å²) in [4.78, 5) is 13.9. The van der Waals surface area contributed by atoms with Crippen molar-refractivity contribution >= 4 is 52.2 Å². The summed E-state index contributed by atoms with van der Waals surface area (Å²) in [6.07, 6.45) is 0. The number of hydrogen-bond donors (Lipinski definition) is 1. The van der Waals surface area contributed by atoms with E-state index in [9.17, 15) is 4.79 Å². The Morgan fingerprint density at radius 1 is 1.42 bits per heavy atom. The summed E-state index contributed by atoms with van der Waals surface area (Å²) in [5.74, 6) is -1.07. The van der Waals surface area contributed by atoms with Crippen LogP contribution in [0.4, 0.5) is 0 Å². The average Bonchev–Trinajstić information content (AvgIpc) is 1.85. The number of aromatic carboxylic acids is 1. The molecule has 62 valence electrons. The second-order valence-electron chi connectivity index (χ2n) is 1.81. The molecule has 0 saturated heterocycles. The SMILES string of the molecule is O=C(O)c1cc(Cl)nc(Cl)c1.[H-].[H-].[Mg+2]. The van der Waals surface area contributed by atoms with Crippen molar-refractivity contribution in [1.82, 2.24) is 4.98 Å². The van der Waals surface area contributed by atoms with E-state index in [1.54, 1.807) is 0 Å². The molecule has 0 atom stereocenters. The molecule has 0 bridgehead atoms.